The lowest BCUT2D eigenvalue weighted by Crippen LogP contribution is -2.55. The minimum atomic E-state index is -1.13. The fraction of sp³-hybridized carbons (Fsp3) is 0.769. The van der Waals surface area contributed by atoms with Crippen LogP contribution in [0.15, 0.2) is 0 Å². The molecule has 0 bridgehead atoms. The van der Waals surface area contributed by atoms with Crippen molar-refractivity contribution in [3.63, 3.8) is 0 Å². The highest BCUT2D eigenvalue weighted by molar-refractivity contribution is 5.84. The van der Waals surface area contributed by atoms with Crippen molar-refractivity contribution in [2.45, 2.75) is 44.4 Å². The number of nitrogens with two attached hydrogens (primary N) is 1. The van der Waals surface area contributed by atoms with Crippen LogP contribution in [0.3, 0.4) is 0 Å². The number of hydrogen-bond donors (Lipinski definition) is 3. The summed E-state index contributed by atoms with van der Waals surface area (Å²) in [5.74, 6) is -1.98. The smallest absolute Gasteiger partial charge is 0.326 e. The van der Waals surface area contributed by atoms with Crippen LogP contribution in [0.25, 0.3) is 0 Å². The molecule has 2 aliphatic rings. The predicted octanol–water partition coefficient (Wildman–Crippen LogP) is -0.788. The number of nitrogens with zero attached hydrogens (tertiary/aromatic N) is 2. The number of carboxylic acids is 1. The van der Waals surface area contributed by atoms with Crippen LogP contribution in [-0.4, -0.2) is 69.2 Å². The molecule has 0 spiro atoms. The number of β-amino-alcohol motifs (C(OH)–C–C–N with tert-alkyl or cyclic N) is 1. The van der Waals surface area contributed by atoms with Crippen molar-refractivity contribution in [2.24, 2.45) is 11.7 Å². The van der Waals surface area contributed by atoms with Gasteiger partial charge in [-0.1, -0.05) is 0 Å². The number of carboxylic acid groups (broad SMARTS) is 1. The molecule has 4 atom stereocenters. The molecule has 0 aliphatic carbocycles. The van der Waals surface area contributed by atoms with E-state index in [1.165, 1.54) is 9.80 Å². The number of hydrogen-bond acceptors (Lipinski definition) is 4. The van der Waals surface area contributed by atoms with Gasteiger partial charge in [0.05, 0.1) is 12.0 Å². The zero-order chi connectivity index (χ0) is 15.7. The summed E-state index contributed by atoms with van der Waals surface area (Å²) in [5, 5.41) is 18.8. The minimum Gasteiger partial charge on any atom is -0.480 e. The topological polar surface area (TPSA) is 124 Å². The van der Waals surface area contributed by atoms with Crippen LogP contribution in [0.5, 0.6) is 0 Å². The zero-order valence-corrected chi connectivity index (χ0v) is 11.9. The first kappa shape index (κ1) is 15.6. The Kier molecular flexibility index (Phi) is 4.36. The van der Waals surface area contributed by atoms with Gasteiger partial charge in [-0.05, 0) is 19.8 Å². The van der Waals surface area contributed by atoms with Crippen molar-refractivity contribution in [1.29, 1.82) is 0 Å². The molecule has 2 aliphatic heterocycles. The van der Waals surface area contributed by atoms with Crippen molar-refractivity contribution in [1.82, 2.24) is 9.80 Å². The van der Waals surface area contributed by atoms with E-state index in [4.69, 9.17) is 10.8 Å². The van der Waals surface area contributed by atoms with Crippen LogP contribution in [0, 0.1) is 5.92 Å². The minimum absolute atomic E-state index is 0.000256. The van der Waals surface area contributed by atoms with Gasteiger partial charge in [0.25, 0.3) is 0 Å². The molecule has 0 radical (unpaired) electrons. The zero-order valence-electron chi connectivity index (χ0n) is 11.9. The molecule has 8 nitrogen and oxygen atoms in total. The van der Waals surface area contributed by atoms with Crippen LogP contribution >= 0.6 is 0 Å². The van der Waals surface area contributed by atoms with E-state index < -0.39 is 36.0 Å². The Morgan fingerprint density at radius 2 is 1.81 bits per heavy atom. The van der Waals surface area contributed by atoms with Gasteiger partial charge >= 0.3 is 12.0 Å². The van der Waals surface area contributed by atoms with Crippen LogP contribution < -0.4 is 5.73 Å². The Bertz CT molecular complexity index is 455. The Morgan fingerprint density at radius 3 is 2.38 bits per heavy atom. The van der Waals surface area contributed by atoms with Gasteiger partial charge in [0, 0.05) is 25.6 Å². The summed E-state index contributed by atoms with van der Waals surface area (Å²) in [5.41, 5.74) is 5.30. The Balaban J connectivity index is 2.13. The molecule has 4 unspecified atom stereocenters. The summed E-state index contributed by atoms with van der Waals surface area (Å²) >= 11 is 0. The molecule has 4 N–H and O–H groups in total. The number of urea groups is 1. The van der Waals surface area contributed by atoms with Crippen LogP contribution in [0.4, 0.5) is 4.79 Å². The number of aliphatic carboxylic acids is 1. The number of carbonyl (C=O) groups excluding carboxylic acids is 2. The molecule has 118 valence electrons. The molecule has 21 heavy (non-hydrogen) atoms. The lowest BCUT2D eigenvalue weighted by atomic mass is 9.93. The fourth-order valence-electron chi connectivity index (χ4n) is 3.03. The maximum atomic E-state index is 12.6. The van der Waals surface area contributed by atoms with E-state index in [0.717, 1.165) is 0 Å². The third-order valence-corrected chi connectivity index (χ3v) is 4.34. The molecular formula is C13H21N3O5. The Morgan fingerprint density at radius 1 is 1.14 bits per heavy atom. The molecule has 0 aromatic rings. The molecule has 0 saturated carbocycles. The third-order valence-electron chi connectivity index (χ3n) is 4.34. The van der Waals surface area contributed by atoms with E-state index in [0.29, 0.717) is 12.8 Å². The third kappa shape index (κ3) is 3.10. The summed E-state index contributed by atoms with van der Waals surface area (Å²) in [6.07, 6.45) is 0.475. The second kappa shape index (κ2) is 5.88. The van der Waals surface area contributed by atoms with E-state index in [2.05, 4.69) is 0 Å². The molecular weight excluding hydrogens is 278 g/mol. The summed E-state index contributed by atoms with van der Waals surface area (Å²) < 4.78 is 0. The number of aliphatic hydroxyl groups excluding tert-OH is 1. The fourth-order valence-corrected chi connectivity index (χ4v) is 3.03. The highest BCUT2D eigenvalue weighted by Gasteiger charge is 2.43. The summed E-state index contributed by atoms with van der Waals surface area (Å²) in [7, 11) is 0. The van der Waals surface area contributed by atoms with Gasteiger partial charge < -0.3 is 25.7 Å². The van der Waals surface area contributed by atoms with Crippen molar-refractivity contribution < 1.29 is 24.6 Å². The second-order valence-electron chi connectivity index (χ2n) is 5.86. The number of aliphatic hydroxyl groups is 1. The van der Waals surface area contributed by atoms with E-state index >= 15 is 0 Å². The van der Waals surface area contributed by atoms with Crippen LogP contribution in [0.2, 0.25) is 0 Å². The van der Waals surface area contributed by atoms with E-state index in [-0.39, 0.29) is 25.6 Å². The molecule has 2 heterocycles. The van der Waals surface area contributed by atoms with Gasteiger partial charge in [0.1, 0.15) is 6.04 Å². The lowest BCUT2D eigenvalue weighted by Gasteiger charge is -2.39. The number of amides is 3. The van der Waals surface area contributed by atoms with Gasteiger partial charge in [-0.2, -0.15) is 0 Å². The quantitative estimate of drug-likeness (QED) is 0.616. The molecule has 8 heteroatoms. The largest absolute Gasteiger partial charge is 0.480 e. The average Bonchev–Trinajstić information content (AvgIpc) is 2.80. The van der Waals surface area contributed by atoms with Crippen LogP contribution in [0.1, 0.15) is 26.2 Å². The maximum Gasteiger partial charge on any atom is 0.326 e. The van der Waals surface area contributed by atoms with Gasteiger partial charge in [0.15, 0.2) is 0 Å². The van der Waals surface area contributed by atoms with E-state index in [1.54, 1.807) is 0 Å². The van der Waals surface area contributed by atoms with Gasteiger partial charge in [-0.15, -0.1) is 0 Å². The number of rotatable bonds is 2. The number of carbonyl (C=O) groups is 3. The first-order valence-corrected chi connectivity index (χ1v) is 7.08. The predicted molar refractivity (Wildman–Crippen MR) is 72.2 cm³/mol. The van der Waals surface area contributed by atoms with Gasteiger partial charge in [-0.25, -0.2) is 9.59 Å². The summed E-state index contributed by atoms with van der Waals surface area (Å²) in [4.78, 5) is 37.7. The number of piperidine rings is 1. The SMILES string of the molecule is CC1CCC(C(N)=O)CN1C(=O)N1CC(O)CC1C(=O)O. The van der Waals surface area contributed by atoms with Crippen molar-refractivity contribution in [3.05, 3.63) is 0 Å². The first-order valence-electron chi connectivity index (χ1n) is 7.08. The number of likely N-dealkylation sites (tertiary alicyclic amines) is 2. The highest BCUT2D eigenvalue weighted by Crippen LogP contribution is 2.26. The normalized spacial score (nSPS) is 33.0. The first-order chi connectivity index (χ1) is 9.81. The standard InChI is InChI=1S/C13H21N3O5/c1-7-2-3-8(11(14)18)5-15(7)13(21)16-6-9(17)4-10(16)12(19)20/h7-10,17H,2-6H2,1H3,(H2,14,18)(H,19,20). The van der Waals surface area contributed by atoms with Crippen molar-refractivity contribution in [3.8, 4) is 0 Å². The highest BCUT2D eigenvalue weighted by atomic mass is 16.4. The molecule has 0 aromatic heterocycles. The molecule has 0 aromatic carbocycles. The average molecular weight is 299 g/mol. The molecule has 3 amide bonds. The Hall–Kier alpha value is -1.83. The molecule has 2 fully saturated rings. The summed E-state index contributed by atoms with van der Waals surface area (Å²) in [6.45, 7) is 2.06. The molecule has 2 saturated heterocycles. The van der Waals surface area contributed by atoms with Gasteiger partial charge in [-0.3, -0.25) is 4.79 Å². The lowest BCUT2D eigenvalue weighted by molar-refractivity contribution is -0.141. The Labute approximate surface area is 122 Å². The second-order valence-corrected chi connectivity index (χ2v) is 5.86. The van der Waals surface area contributed by atoms with E-state index in [9.17, 15) is 19.5 Å². The van der Waals surface area contributed by atoms with Crippen molar-refractivity contribution >= 4 is 17.9 Å². The van der Waals surface area contributed by atoms with Crippen LogP contribution in [-0.2, 0) is 9.59 Å². The van der Waals surface area contributed by atoms with Gasteiger partial charge in [0.2, 0.25) is 5.91 Å². The monoisotopic (exact) mass is 299 g/mol. The van der Waals surface area contributed by atoms with E-state index in [1.807, 2.05) is 6.92 Å². The van der Waals surface area contributed by atoms with Crippen molar-refractivity contribution in [2.75, 3.05) is 13.1 Å². The number of primary amides is 1. The molecule has 2 rings (SSSR count). The maximum absolute atomic E-state index is 12.6. The summed E-state index contributed by atoms with van der Waals surface area (Å²) in [6, 6.07) is -1.55.